The van der Waals surface area contributed by atoms with E-state index < -0.39 is 17.1 Å². The van der Waals surface area contributed by atoms with Crippen molar-refractivity contribution in [3.8, 4) is 22.3 Å². The maximum absolute atomic E-state index is 3.94. The van der Waals surface area contributed by atoms with Crippen molar-refractivity contribution < 1.29 is 17.1 Å². The van der Waals surface area contributed by atoms with Gasteiger partial charge in [0.2, 0.25) is 0 Å². The van der Waals surface area contributed by atoms with Gasteiger partial charge in [-0.15, -0.1) is 24.8 Å². The third kappa shape index (κ3) is 5.86. The molecule has 6 rings (SSSR count). The average Bonchev–Trinajstić information content (AvgIpc) is 3.55. The third-order valence-corrected chi connectivity index (χ3v) is 34.7. The summed E-state index contributed by atoms with van der Waals surface area (Å²) in [7, 11) is 0. The molecule has 4 heteroatoms. The van der Waals surface area contributed by atoms with E-state index in [0.29, 0.717) is 7.35 Å². The van der Waals surface area contributed by atoms with E-state index in [2.05, 4.69) is 167 Å². The van der Waals surface area contributed by atoms with Crippen molar-refractivity contribution in [2.24, 2.45) is 10.8 Å². The Hall–Kier alpha value is -1.97. The number of halogens is 2. The molecule has 0 aliphatic heterocycles. The number of benzene rings is 4. The molecule has 0 radical (unpaired) electrons. The van der Waals surface area contributed by atoms with Gasteiger partial charge in [0.1, 0.15) is 0 Å². The molecule has 4 aromatic rings. The first-order valence-corrected chi connectivity index (χ1v) is 35.2. The summed E-state index contributed by atoms with van der Waals surface area (Å²) in [6, 6.07) is 36.2. The van der Waals surface area contributed by atoms with E-state index in [1.54, 1.807) is 22.3 Å². The molecule has 4 aromatic carbocycles. The summed E-state index contributed by atoms with van der Waals surface area (Å²) >= 11 is -3.94. The molecule has 0 bridgehead atoms. The average molecular weight is 806 g/mol. The van der Waals surface area contributed by atoms with E-state index in [4.69, 9.17) is 0 Å². The molecule has 0 nitrogen and oxygen atoms in total. The van der Waals surface area contributed by atoms with Crippen LogP contribution >= 0.6 is 24.8 Å². The van der Waals surface area contributed by atoms with Crippen molar-refractivity contribution in [3.63, 3.8) is 0 Å². The van der Waals surface area contributed by atoms with Crippen LogP contribution in [0.1, 0.15) is 71.1 Å². The molecule has 0 aromatic heterocycles. The molecule has 0 fully saturated rings. The van der Waals surface area contributed by atoms with E-state index in [1.165, 1.54) is 33.4 Å². The fraction of sp³-hybridized carbons (Fsp3) is 0.300. The van der Waals surface area contributed by atoms with Crippen molar-refractivity contribution in [2.45, 2.75) is 58.3 Å². The molecular weight excluding hydrogens is 758 g/mol. The Morgan fingerprint density at radius 3 is 1.16 bits per heavy atom. The molecule has 2 unspecified atom stereocenters. The van der Waals surface area contributed by atoms with Crippen LogP contribution in [0.2, 0.25) is 9.36 Å². The van der Waals surface area contributed by atoms with Crippen LogP contribution in [0.25, 0.3) is 34.4 Å². The zero-order valence-corrected chi connectivity index (χ0v) is 34.2. The van der Waals surface area contributed by atoms with E-state index in [0.717, 1.165) is 0 Å². The quantitative estimate of drug-likeness (QED) is 0.180. The molecule has 0 heterocycles. The molecule has 230 valence electrons. The fourth-order valence-corrected chi connectivity index (χ4v) is 36.6. The van der Waals surface area contributed by atoms with E-state index >= 15 is 0 Å². The van der Waals surface area contributed by atoms with Crippen molar-refractivity contribution in [1.29, 1.82) is 0 Å². The van der Waals surface area contributed by atoms with E-state index in [1.807, 2.05) is 0 Å². The number of rotatable bonds is 4. The van der Waals surface area contributed by atoms with Crippen LogP contribution in [0.5, 0.6) is 0 Å². The first kappa shape index (κ1) is 34.9. The Morgan fingerprint density at radius 2 is 0.841 bits per heavy atom. The van der Waals surface area contributed by atoms with Gasteiger partial charge in [0.15, 0.2) is 0 Å². The number of hydrogen-bond acceptors (Lipinski definition) is 0. The normalized spacial score (nSPS) is 17.9. The molecular formula is C40H48Cl2HfSi. The number of hydrogen-bond donors (Lipinski definition) is 0. The first-order valence-electron chi connectivity index (χ1n) is 15.5. The second-order valence-corrected chi connectivity index (χ2v) is 59.4. The van der Waals surface area contributed by atoms with Crippen LogP contribution in [0.3, 0.4) is 0 Å². The van der Waals surface area contributed by atoms with Gasteiger partial charge >= 0.3 is 258 Å². The molecule has 44 heavy (non-hydrogen) atoms. The van der Waals surface area contributed by atoms with E-state index in [-0.39, 0.29) is 35.6 Å². The van der Waals surface area contributed by atoms with Crippen LogP contribution < -0.4 is 0 Å². The summed E-state index contributed by atoms with van der Waals surface area (Å²) in [6.45, 7) is 17.1. The Kier molecular flexibility index (Phi) is 9.51. The van der Waals surface area contributed by atoms with Crippen LogP contribution in [-0.4, -0.2) is 6.94 Å². The van der Waals surface area contributed by atoms with Crippen LogP contribution in [0.4, 0.5) is 0 Å². The van der Waals surface area contributed by atoms with Crippen LogP contribution in [0, 0.1) is 10.8 Å². The Morgan fingerprint density at radius 1 is 0.500 bits per heavy atom. The SMILES string of the molecule is CC(C)(C)C1=Cc2c(-c3ccccc3)cccc2[CH]1[Hf]([CH3])([CH3])(=[SiH2])[CH]1C(C(C)(C)C)=Cc2c(-c3ccccc3)cccc21.Cl.Cl. The van der Waals surface area contributed by atoms with Crippen molar-refractivity contribution in [1.82, 2.24) is 0 Å². The van der Waals surface area contributed by atoms with Crippen LogP contribution in [-0.2, 0) is 17.1 Å². The Bertz CT molecular complexity index is 1680. The number of allylic oxidation sites excluding steroid dienone is 2. The predicted octanol–water partition coefficient (Wildman–Crippen LogP) is 11.9. The van der Waals surface area contributed by atoms with Crippen LogP contribution in [0.15, 0.2) is 108 Å². The number of fused-ring (bicyclic) bond motifs is 2. The Labute approximate surface area is 280 Å². The van der Waals surface area contributed by atoms with Gasteiger partial charge in [0, 0.05) is 0 Å². The second kappa shape index (κ2) is 12.0. The minimum atomic E-state index is -3.94. The third-order valence-electron chi connectivity index (χ3n) is 9.92. The van der Waals surface area contributed by atoms with Gasteiger partial charge in [-0.3, -0.25) is 0 Å². The minimum Gasteiger partial charge on any atom is -0.147 e. The summed E-state index contributed by atoms with van der Waals surface area (Å²) in [5.74, 6) is 0. The van der Waals surface area contributed by atoms with E-state index in [9.17, 15) is 0 Å². The summed E-state index contributed by atoms with van der Waals surface area (Å²) in [6.07, 6.45) is 5.21. The van der Waals surface area contributed by atoms with Gasteiger partial charge < -0.3 is 0 Å². The second-order valence-electron chi connectivity index (χ2n) is 15.9. The summed E-state index contributed by atoms with van der Waals surface area (Å²) < 4.78 is 6.56. The first-order chi connectivity index (χ1) is 19.7. The Balaban J connectivity index is 0.00000221. The van der Waals surface area contributed by atoms with Gasteiger partial charge in [-0.05, 0) is 0 Å². The van der Waals surface area contributed by atoms with Gasteiger partial charge in [-0.1, -0.05) is 0 Å². The van der Waals surface area contributed by atoms with Gasteiger partial charge in [0.25, 0.3) is 0 Å². The standard InChI is InChI=1S/2C19H19.2CH3.2ClH.Hf.H2Si/c2*1-19(2,3)16-12-15-10-7-11-17(18(15)13-16)14-8-5-4-6-9-14;;;;;;/h2*4-13H,1-3H3;2*1H3;2*1H;;1H2. The molecule has 0 saturated heterocycles. The van der Waals surface area contributed by atoms with Gasteiger partial charge in [-0.2, -0.15) is 0 Å². The summed E-state index contributed by atoms with van der Waals surface area (Å²) in [5, 5.41) is 0. The topological polar surface area (TPSA) is 0 Å². The van der Waals surface area contributed by atoms with Crippen molar-refractivity contribution >= 4 is 43.9 Å². The molecule has 2 atom stereocenters. The largest absolute Gasteiger partial charge is 0.147 e. The molecule has 0 N–H and O–H groups in total. The molecule has 0 spiro atoms. The molecule has 2 aliphatic rings. The maximum Gasteiger partial charge on any atom is -0.147 e. The monoisotopic (exact) mass is 806 g/mol. The van der Waals surface area contributed by atoms with Gasteiger partial charge in [-0.25, -0.2) is 0 Å². The zero-order valence-electron chi connectivity index (χ0n) is 27.6. The van der Waals surface area contributed by atoms with Crippen molar-refractivity contribution in [3.05, 3.63) is 130 Å². The molecule has 0 saturated carbocycles. The maximum atomic E-state index is 2.79. The van der Waals surface area contributed by atoms with Gasteiger partial charge in [0.05, 0.1) is 0 Å². The molecule has 2 aliphatic carbocycles. The predicted molar refractivity (Wildman–Crippen MR) is 199 cm³/mol. The molecule has 0 amide bonds. The zero-order chi connectivity index (χ0) is 30.1. The smallest absolute Gasteiger partial charge is 0.147 e. The summed E-state index contributed by atoms with van der Waals surface area (Å²) in [4.78, 5) is 0. The summed E-state index contributed by atoms with van der Waals surface area (Å²) in [5.41, 5.74) is 14.9. The minimum absolute atomic E-state index is 0. The van der Waals surface area contributed by atoms with Crippen molar-refractivity contribution in [2.75, 3.05) is 0 Å². The fourth-order valence-electron chi connectivity index (χ4n) is 8.05.